The lowest BCUT2D eigenvalue weighted by Gasteiger charge is -2.12. The Hall–Kier alpha value is -3.68. The number of hydrogen-bond acceptors (Lipinski definition) is 3. The summed E-state index contributed by atoms with van der Waals surface area (Å²) < 4.78 is 11.2. The molecule has 0 aliphatic heterocycles. The number of carbonyl (C=O) groups is 1. The molecular formula is C30H29ClO4. The molecule has 0 fully saturated rings. The Kier molecular flexibility index (Phi) is 8.63. The summed E-state index contributed by atoms with van der Waals surface area (Å²) in [7, 11) is 0. The quantitative estimate of drug-likeness (QED) is 0.346. The number of rotatable bonds is 8. The summed E-state index contributed by atoms with van der Waals surface area (Å²) in [6, 6.07) is 21.2. The van der Waals surface area contributed by atoms with Crippen LogP contribution in [0.25, 0.3) is 5.57 Å². The van der Waals surface area contributed by atoms with Gasteiger partial charge in [-0.25, -0.2) is 4.79 Å². The van der Waals surface area contributed by atoms with Crippen LogP contribution in [0.3, 0.4) is 0 Å². The van der Waals surface area contributed by atoms with E-state index in [9.17, 15) is 4.79 Å². The maximum atomic E-state index is 10.7. The van der Waals surface area contributed by atoms with Gasteiger partial charge in [-0.15, -0.1) is 0 Å². The molecule has 180 valence electrons. The number of halogens is 1. The van der Waals surface area contributed by atoms with Crippen molar-refractivity contribution in [3.05, 3.63) is 100 Å². The zero-order valence-electron chi connectivity index (χ0n) is 20.4. The highest BCUT2D eigenvalue weighted by atomic mass is 35.5. The Morgan fingerprint density at radius 2 is 1.60 bits per heavy atom. The second-order valence-corrected chi connectivity index (χ2v) is 9.56. The number of aryl methyl sites for hydroxylation is 1. The Morgan fingerprint density at radius 3 is 2.17 bits per heavy atom. The lowest BCUT2D eigenvalue weighted by atomic mass is 9.95. The minimum absolute atomic E-state index is 0.0523. The van der Waals surface area contributed by atoms with E-state index in [2.05, 4.69) is 44.7 Å². The fraction of sp³-hybridized carbons (Fsp3) is 0.233. The second-order valence-electron chi connectivity index (χ2n) is 9.12. The van der Waals surface area contributed by atoms with Gasteiger partial charge >= 0.3 is 5.97 Å². The van der Waals surface area contributed by atoms with Crippen LogP contribution in [0.15, 0.2) is 72.8 Å². The van der Waals surface area contributed by atoms with E-state index in [4.69, 9.17) is 26.2 Å². The zero-order valence-corrected chi connectivity index (χ0v) is 21.1. The molecule has 0 atom stereocenters. The van der Waals surface area contributed by atoms with E-state index < -0.39 is 5.97 Å². The van der Waals surface area contributed by atoms with Gasteiger partial charge in [-0.3, -0.25) is 0 Å². The molecule has 0 radical (unpaired) electrons. The van der Waals surface area contributed by atoms with E-state index in [0.717, 1.165) is 27.8 Å². The van der Waals surface area contributed by atoms with Gasteiger partial charge in [0.25, 0.3) is 0 Å². The summed E-state index contributed by atoms with van der Waals surface area (Å²) in [6.45, 7) is 8.09. The summed E-state index contributed by atoms with van der Waals surface area (Å²) in [6.07, 6.45) is 2.03. The van der Waals surface area contributed by atoms with Crippen LogP contribution in [0, 0.1) is 24.2 Å². The molecule has 0 saturated carbocycles. The first-order chi connectivity index (χ1) is 16.6. The Labute approximate surface area is 212 Å². The lowest BCUT2D eigenvalue weighted by molar-refractivity contribution is -0.139. The molecule has 0 saturated heterocycles. The van der Waals surface area contributed by atoms with Gasteiger partial charge in [0.2, 0.25) is 0 Å². The van der Waals surface area contributed by atoms with Gasteiger partial charge in [-0.05, 0) is 98.5 Å². The molecule has 0 spiro atoms. The highest BCUT2D eigenvalue weighted by Gasteiger charge is 2.08. The number of benzene rings is 3. The summed E-state index contributed by atoms with van der Waals surface area (Å²) >= 11 is 6.10. The third kappa shape index (κ3) is 8.24. The topological polar surface area (TPSA) is 55.8 Å². The van der Waals surface area contributed by atoms with E-state index >= 15 is 0 Å². The predicted octanol–water partition coefficient (Wildman–Crippen LogP) is 7.02. The average molecular weight is 489 g/mol. The van der Waals surface area contributed by atoms with Crippen molar-refractivity contribution >= 4 is 23.1 Å². The van der Waals surface area contributed by atoms with Crippen LogP contribution in [0.5, 0.6) is 11.5 Å². The highest BCUT2D eigenvalue weighted by Crippen LogP contribution is 2.27. The van der Waals surface area contributed by atoms with Crippen LogP contribution in [-0.4, -0.2) is 24.3 Å². The summed E-state index contributed by atoms with van der Waals surface area (Å²) in [5.74, 6) is 6.67. The molecule has 3 aromatic rings. The number of carboxylic acid groups (broad SMARTS) is 1. The number of ether oxygens (including phenoxy) is 2. The summed E-state index contributed by atoms with van der Waals surface area (Å²) in [5, 5.41) is 9.47. The second kappa shape index (κ2) is 11.6. The van der Waals surface area contributed by atoms with Crippen LogP contribution in [0.4, 0.5) is 0 Å². The molecule has 0 heterocycles. The fourth-order valence-corrected chi connectivity index (χ4v) is 3.38. The lowest BCUT2D eigenvalue weighted by Crippen LogP contribution is -2.10. The average Bonchev–Trinajstić information content (AvgIpc) is 2.81. The maximum Gasteiger partial charge on any atom is 0.341 e. The van der Waals surface area contributed by atoms with E-state index in [1.165, 1.54) is 0 Å². The van der Waals surface area contributed by atoms with Crippen molar-refractivity contribution in [2.24, 2.45) is 5.41 Å². The first-order valence-electron chi connectivity index (χ1n) is 11.3. The van der Waals surface area contributed by atoms with E-state index in [0.29, 0.717) is 23.1 Å². The van der Waals surface area contributed by atoms with Gasteiger partial charge in [-0.2, -0.15) is 0 Å². The van der Waals surface area contributed by atoms with Gasteiger partial charge in [0, 0.05) is 16.0 Å². The van der Waals surface area contributed by atoms with Crippen LogP contribution in [0.1, 0.15) is 43.0 Å². The van der Waals surface area contributed by atoms with Crippen LogP contribution < -0.4 is 9.47 Å². The first-order valence-corrected chi connectivity index (χ1v) is 11.7. The minimum atomic E-state index is -1.01. The van der Waals surface area contributed by atoms with Crippen molar-refractivity contribution in [2.45, 2.75) is 27.7 Å². The zero-order chi connectivity index (χ0) is 25.4. The molecule has 3 rings (SSSR count). The number of hydrogen-bond donors (Lipinski definition) is 1. The maximum absolute atomic E-state index is 10.7. The highest BCUT2D eigenvalue weighted by molar-refractivity contribution is 6.30. The summed E-state index contributed by atoms with van der Waals surface area (Å²) in [5.41, 5.74) is 4.82. The third-order valence-corrected chi connectivity index (χ3v) is 5.22. The number of aliphatic carboxylic acids is 1. The molecule has 0 aliphatic rings. The van der Waals surface area contributed by atoms with Crippen molar-refractivity contribution in [3.63, 3.8) is 0 Å². The molecule has 35 heavy (non-hydrogen) atoms. The van der Waals surface area contributed by atoms with E-state index in [1.54, 1.807) is 12.1 Å². The van der Waals surface area contributed by atoms with Gasteiger partial charge in [0.1, 0.15) is 18.1 Å². The van der Waals surface area contributed by atoms with Crippen molar-refractivity contribution in [3.8, 4) is 23.3 Å². The molecule has 4 nitrogen and oxygen atoms in total. The van der Waals surface area contributed by atoms with Crippen LogP contribution >= 0.6 is 11.6 Å². The van der Waals surface area contributed by atoms with E-state index in [-0.39, 0.29) is 12.0 Å². The largest absolute Gasteiger partial charge is 0.489 e. The summed E-state index contributed by atoms with van der Waals surface area (Å²) in [4.78, 5) is 10.7. The van der Waals surface area contributed by atoms with Crippen molar-refractivity contribution in [2.75, 3.05) is 13.2 Å². The third-order valence-electron chi connectivity index (χ3n) is 4.97. The predicted molar refractivity (Wildman–Crippen MR) is 141 cm³/mol. The number of carboxylic acids is 1. The Balaban J connectivity index is 1.81. The van der Waals surface area contributed by atoms with Gasteiger partial charge in [0.15, 0.2) is 6.61 Å². The van der Waals surface area contributed by atoms with Gasteiger partial charge in [-0.1, -0.05) is 47.7 Å². The van der Waals surface area contributed by atoms with Gasteiger partial charge < -0.3 is 14.6 Å². The standard InChI is InChI=1S/C30H29ClO4/c1-21-19-26(13-14-28(21)35-20-29(32)33)34-18-16-27(24-9-11-25(31)12-10-24)23-7-5-22(6-8-23)15-17-30(2,3)4/h5-14,16,19H,18,20H2,1-4H3,(H,32,33). The molecule has 3 aromatic carbocycles. The van der Waals surface area contributed by atoms with Crippen LogP contribution in [0.2, 0.25) is 5.02 Å². The molecule has 1 N–H and O–H groups in total. The van der Waals surface area contributed by atoms with Crippen molar-refractivity contribution < 1.29 is 19.4 Å². The molecule has 0 aliphatic carbocycles. The van der Waals surface area contributed by atoms with Crippen LogP contribution in [-0.2, 0) is 4.79 Å². The minimum Gasteiger partial charge on any atom is -0.489 e. The van der Waals surface area contributed by atoms with E-state index in [1.807, 2.05) is 55.5 Å². The Bertz CT molecular complexity index is 1250. The molecule has 0 amide bonds. The molecule has 0 unspecified atom stereocenters. The molecule has 0 bridgehead atoms. The molecule has 0 aromatic heterocycles. The normalized spacial score (nSPS) is 11.4. The monoisotopic (exact) mass is 488 g/mol. The Morgan fingerprint density at radius 1 is 0.971 bits per heavy atom. The first kappa shape index (κ1) is 25.9. The SMILES string of the molecule is Cc1cc(OCC=C(c2ccc(Cl)cc2)c2ccc(C#CC(C)(C)C)cc2)ccc1OCC(=O)O. The molecule has 5 heteroatoms. The fourth-order valence-electron chi connectivity index (χ4n) is 3.26. The van der Waals surface area contributed by atoms with Gasteiger partial charge in [0.05, 0.1) is 0 Å². The molecular weight excluding hydrogens is 460 g/mol. The van der Waals surface area contributed by atoms with Crippen molar-refractivity contribution in [1.29, 1.82) is 0 Å². The van der Waals surface area contributed by atoms with Crippen molar-refractivity contribution in [1.82, 2.24) is 0 Å². The smallest absolute Gasteiger partial charge is 0.341 e.